The van der Waals surface area contributed by atoms with Gasteiger partial charge < -0.3 is 9.47 Å². The van der Waals surface area contributed by atoms with Crippen LogP contribution in [0.25, 0.3) is 0 Å². The molecule has 0 bridgehead atoms. The highest BCUT2D eigenvalue weighted by molar-refractivity contribution is 6.39. The molecule has 4 heteroatoms. The number of cyclic esters (lactones) is 1. The molecule has 1 heterocycles. The Balaban J connectivity index is 3.04. The zero-order valence-electron chi connectivity index (χ0n) is 7.21. The van der Waals surface area contributed by atoms with Crippen LogP contribution in [0.2, 0.25) is 0 Å². The van der Waals surface area contributed by atoms with Gasteiger partial charge in [0.15, 0.2) is 5.60 Å². The lowest BCUT2D eigenvalue weighted by atomic mass is 10.0. The Morgan fingerprint density at radius 2 is 2.00 bits per heavy atom. The molecule has 0 aromatic rings. The molecule has 0 saturated carbocycles. The maximum atomic E-state index is 10.8. The standard InChI is InChI=1S/C8H10O4/c1-8(2)6(11-3)4-5(9)7(10)12-8/h4H,1-3H3. The normalized spacial score (nSPS) is 21.4. The third-order valence-electron chi connectivity index (χ3n) is 1.62. The van der Waals surface area contributed by atoms with Crippen molar-refractivity contribution in [2.45, 2.75) is 19.4 Å². The smallest absolute Gasteiger partial charge is 0.380 e. The quantitative estimate of drug-likeness (QED) is 0.422. The van der Waals surface area contributed by atoms with E-state index in [1.807, 2.05) is 0 Å². The predicted molar refractivity (Wildman–Crippen MR) is 40.3 cm³/mol. The van der Waals surface area contributed by atoms with Crippen molar-refractivity contribution < 1.29 is 19.1 Å². The van der Waals surface area contributed by atoms with E-state index in [0.717, 1.165) is 6.08 Å². The Kier molecular flexibility index (Phi) is 1.92. The van der Waals surface area contributed by atoms with Crippen LogP contribution in [0.15, 0.2) is 11.8 Å². The summed E-state index contributed by atoms with van der Waals surface area (Å²) in [5.74, 6) is -1.14. The van der Waals surface area contributed by atoms with Crippen molar-refractivity contribution in [2.75, 3.05) is 7.11 Å². The molecule has 0 saturated heterocycles. The molecule has 0 aromatic heterocycles. The van der Waals surface area contributed by atoms with Crippen molar-refractivity contribution in [3.8, 4) is 0 Å². The summed E-state index contributed by atoms with van der Waals surface area (Å²) in [4.78, 5) is 21.6. The van der Waals surface area contributed by atoms with Crippen LogP contribution in [0.3, 0.4) is 0 Å². The fraction of sp³-hybridized carbons (Fsp3) is 0.500. The third-order valence-corrected chi connectivity index (χ3v) is 1.62. The molecule has 0 amide bonds. The van der Waals surface area contributed by atoms with Crippen molar-refractivity contribution in [1.82, 2.24) is 0 Å². The van der Waals surface area contributed by atoms with Crippen LogP contribution in [0.5, 0.6) is 0 Å². The molecular formula is C8H10O4. The van der Waals surface area contributed by atoms with E-state index in [2.05, 4.69) is 0 Å². The van der Waals surface area contributed by atoms with Crippen molar-refractivity contribution in [3.63, 3.8) is 0 Å². The van der Waals surface area contributed by atoms with Crippen LogP contribution in [0.4, 0.5) is 0 Å². The lowest BCUT2D eigenvalue weighted by Crippen LogP contribution is -2.38. The van der Waals surface area contributed by atoms with Gasteiger partial charge in [-0.1, -0.05) is 0 Å². The fourth-order valence-corrected chi connectivity index (χ4v) is 0.989. The molecule has 1 aliphatic heterocycles. The van der Waals surface area contributed by atoms with E-state index in [1.54, 1.807) is 13.8 Å². The number of carbonyl (C=O) groups excluding carboxylic acids is 2. The van der Waals surface area contributed by atoms with E-state index in [4.69, 9.17) is 9.47 Å². The van der Waals surface area contributed by atoms with Gasteiger partial charge in [-0.15, -0.1) is 0 Å². The molecule has 0 radical (unpaired) electrons. The maximum absolute atomic E-state index is 10.8. The van der Waals surface area contributed by atoms with Crippen LogP contribution in [0, 0.1) is 0 Å². The molecule has 4 nitrogen and oxygen atoms in total. The first-order valence-electron chi connectivity index (χ1n) is 3.51. The summed E-state index contributed by atoms with van der Waals surface area (Å²) in [6, 6.07) is 0. The molecule has 1 aliphatic rings. The first kappa shape index (κ1) is 8.77. The minimum atomic E-state index is -0.834. The van der Waals surface area contributed by atoms with Gasteiger partial charge in [0.1, 0.15) is 5.76 Å². The first-order chi connectivity index (χ1) is 5.47. The summed E-state index contributed by atoms with van der Waals surface area (Å²) in [5, 5.41) is 0. The number of esters is 1. The first-order valence-corrected chi connectivity index (χ1v) is 3.51. The summed E-state index contributed by atoms with van der Waals surface area (Å²) >= 11 is 0. The average Bonchev–Trinajstić information content (AvgIpc) is 1.96. The molecule has 0 unspecified atom stereocenters. The largest absolute Gasteiger partial charge is 0.497 e. The van der Waals surface area contributed by atoms with E-state index >= 15 is 0 Å². The Morgan fingerprint density at radius 1 is 1.42 bits per heavy atom. The summed E-state index contributed by atoms with van der Waals surface area (Å²) in [6.45, 7) is 3.32. The molecule has 0 fully saturated rings. The van der Waals surface area contributed by atoms with E-state index in [9.17, 15) is 9.59 Å². The third kappa shape index (κ3) is 1.32. The van der Waals surface area contributed by atoms with Gasteiger partial charge in [-0.25, -0.2) is 4.79 Å². The minimum absolute atomic E-state index is 0.368. The Morgan fingerprint density at radius 3 is 2.50 bits per heavy atom. The molecule has 0 aliphatic carbocycles. The highest BCUT2D eigenvalue weighted by Gasteiger charge is 2.36. The number of ketones is 1. The number of methoxy groups -OCH3 is 1. The topological polar surface area (TPSA) is 52.6 Å². The Bertz CT molecular complexity index is 262. The van der Waals surface area contributed by atoms with Crippen molar-refractivity contribution in [1.29, 1.82) is 0 Å². The van der Waals surface area contributed by atoms with E-state index in [0.29, 0.717) is 5.76 Å². The van der Waals surface area contributed by atoms with Crippen LogP contribution >= 0.6 is 0 Å². The van der Waals surface area contributed by atoms with Gasteiger partial charge in [-0.3, -0.25) is 4.79 Å². The molecule has 66 valence electrons. The highest BCUT2D eigenvalue weighted by atomic mass is 16.6. The molecule has 0 atom stereocenters. The van der Waals surface area contributed by atoms with Gasteiger partial charge in [0.25, 0.3) is 5.78 Å². The molecule has 12 heavy (non-hydrogen) atoms. The maximum Gasteiger partial charge on any atom is 0.380 e. The molecule has 1 rings (SSSR count). The molecule has 0 aromatic carbocycles. The predicted octanol–water partition coefficient (Wildman–Crippen LogP) is 0.421. The second kappa shape index (κ2) is 2.62. The monoisotopic (exact) mass is 170 g/mol. The van der Waals surface area contributed by atoms with Crippen LogP contribution in [0.1, 0.15) is 13.8 Å². The van der Waals surface area contributed by atoms with Crippen molar-refractivity contribution >= 4 is 11.8 Å². The van der Waals surface area contributed by atoms with Crippen molar-refractivity contribution in [3.05, 3.63) is 11.8 Å². The number of hydrogen-bond donors (Lipinski definition) is 0. The zero-order valence-corrected chi connectivity index (χ0v) is 7.21. The Hall–Kier alpha value is -1.32. The van der Waals surface area contributed by atoms with Gasteiger partial charge in [0.2, 0.25) is 0 Å². The lowest BCUT2D eigenvalue weighted by Gasteiger charge is -2.28. The van der Waals surface area contributed by atoms with Crippen LogP contribution in [-0.2, 0) is 19.1 Å². The summed E-state index contributed by atoms with van der Waals surface area (Å²) in [5.41, 5.74) is -0.834. The average molecular weight is 170 g/mol. The molecule has 0 N–H and O–H groups in total. The number of ether oxygens (including phenoxy) is 2. The van der Waals surface area contributed by atoms with Crippen molar-refractivity contribution in [2.24, 2.45) is 0 Å². The van der Waals surface area contributed by atoms with Gasteiger partial charge in [0.05, 0.1) is 7.11 Å². The zero-order chi connectivity index (χ0) is 9.35. The summed E-state index contributed by atoms with van der Waals surface area (Å²) in [7, 11) is 1.43. The number of rotatable bonds is 1. The van der Waals surface area contributed by atoms with Gasteiger partial charge in [-0.2, -0.15) is 0 Å². The second-order valence-corrected chi connectivity index (χ2v) is 2.98. The second-order valence-electron chi connectivity index (χ2n) is 2.98. The molecular weight excluding hydrogens is 160 g/mol. The number of carbonyl (C=O) groups is 2. The van der Waals surface area contributed by atoms with Crippen LogP contribution < -0.4 is 0 Å². The van der Waals surface area contributed by atoms with E-state index < -0.39 is 17.4 Å². The van der Waals surface area contributed by atoms with Crippen LogP contribution in [-0.4, -0.2) is 24.5 Å². The van der Waals surface area contributed by atoms with Gasteiger partial charge in [0, 0.05) is 6.08 Å². The summed E-state index contributed by atoms with van der Waals surface area (Å²) in [6.07, 6.45) is 1.16. The lowest BCUT2D eigenvalue weighted by molar-refractivity contribution is -0.164. The molecule has 0 spiro atoms. The Labute approximate surface area is 70.1 Å². The van der Waals surface area contributed by atoms with E-state index in [-0.39, 0.29) is 0 Å². The SMILES string of the molecule is COC1=CC(=O)C(=O)OC1(C)C. The van der Waals surface area contributed by atoms with E-state index in [1.165, 1.54) is 7.11 Å². The van der Waals surface area contributed by atoms with Gasteiger partial charge >= 0.3 is 5.97 Å². The summed E-state index contributed by atoms with van der Waals surface area (Å²) < 4.78 is 9.70. The van der Waals surface area contributed by atoms with Gasteiger partial charge in [-0.05, 0) is 13.8 Å². The number of hydrogen-bond acceptors (Lipinski definition) is 4. The fourth-order valence-electron chi connectivity index (χ4n) is 0.989. The highest BCUT2D eigenvalue weighted by Crippen LogP contribution is 2.25. The minimum Gasteiger partial charge on any atom is -0.497 e.